The molecule has 5 rings (SSSR count). The topological polar surface area (TPSA) is 71.3 Å². The van der Waals surface area contributed by atoms with Crippen molar-refractivity contribution in [2.24, 2.45) is 0 Å². The van der Waals surface area contributed by atoms with Gasteiger partial charge in [0.15, 0.2) is 18.1 Å². The Bertz CT molecular complexity index is 1150. The van der Waals surface area contributed by atoms with Crippen LogP contribution in [0.25, 0.3) is 10.8 Å². The molecule has 2 N–H and O–H groups in total. The van der Waals surface area contributed by atoms with Gasteiger partial charge in [0.2, 0.25) is 0 Å². The van der Waals surface area contributed by atoms with E-state index in [-0.39, 0.29) is 12.2 Å². The summed E-state index contributed by atoms with van der Waals surface area (Å²) < 4.78 is 5.42. The number of nitrogens with one attached hydrogen (secondary N) is 1. The normalized spacial score (nSPS) is 21.5. The number of anilines is 1. The molecule has 3 aromatic carbocycles. The first-order valence-corrected chi connectivity index (χ1v) is 10.6. The van der Waals surface area contributed by atoms with Gasteiger partial charge in [0.1, 0.15) is 13.1 Å². The smallest absolute Gasteiger partial charge is 0.268 e. The summed E-state index contributed by atoms with van der Waals surface area (Å²) in [5.74, 6) is -0.682. The molecule has 0 aliphatic carbocycles. The zero-order valence-electron chi connectivity index (χ0n) is 17.2. The highest BCUT2D eigenvalue weighted by molar-refractivity contribution is 6.11. The zero-order chi connectivity index (χ0) is 21.4. The van der Waals surface area contributed by atoms with E-state index in [9.17, 15) is 14.7 Å². The van der Waals surface area contributed by atoms with Crippen molar-refractivity contribution in [3.63, 3.8) is 0 Å². The molecule has 158 valence electrons. The van der Waals surface area contributed by atoms with E-state index in [0.29, 0.717) is 36.7 Å². The quantitative estimate of drug-likeness (QED) is 0.618. The molecule has 0 aromatic heterocycles. The lowest BCUT2D eigenvalue weighted by Crippen LogP contribution is -3.15. The predicted octanol–water partition coefficient (Wildman–Crippen LogP) is 1.52. The van der Waals surface area contributed by atoms with Gasteiger partial charge in [-0.05, 0) is 22.9 Å². The number of ether oxygens (including phenoxy) is 1. The van der Waals surface area contributed by atoms with Crippen LogP contribution in [0.5, 0.6) is 0 Å². The van der Waals surface area contributed by atoms with Crippen molar-refractivity contribution >= 4 is 28.2 Å². The second-order valence-electron chi connectivity index (χ2n) is 8.29. The molecule has 6 heteroatoms. The summed E-state index contributed by atoms with van der Waals surface area (Å²) in [6.45, 7) is 3.37. The van der Waals surface area contributed by atoms with E-state index in [2.05, 4.69) is 0 Å². The minimum atomic E-state index is -1.86. The summed E-state index contributed by atoms with van der Waals surface area (Å²) in [6, 6.07) is 20.5. The van der Waals surface area contributed by atoms with Crippen molar-refractivity contribution in [2.75, 3.05) is 37.9 Å². The first-order chi connectivity index (χ1) is 15.1. The Hall–Kier alpha value is -3.06. The molecule has 0 spiro atoms. The fourth-order valence-corrected chi connectivity index (χ4v) is 4.57. The number of carbonyl (C=O) groups is 2. The van der Waals surface area contributed by atoms with Gasteiger partial charge in [0, 0.05) is 11.1 Å². The SMILES string of the molecule is O=C(C[C@]1(O)C(=O)N(C[NH+]2CCOCC2)c2ccccc21)c1ccc2ccccc2c1. The van der Waals surface area contributed by atoms with Crippen LogP contribution in [-0.2, 0) is 15.1 Å². The van der Waals surface area contributed by atoms with Crippen LogP contribution in [-0.4, -0.2) is 49.8 Å². The molecule has 2 aliphatic rings. The molecule has 31 heavy (non-hydrogen) atoms. The third-order valence-electron chi connectivity index (χ3n) is 6.31. The summed E-state index contributed by atoms with van der Waals surface area (Å²) in [5.41, 5.74) is -0.179. The number of ketones is 1. The molecule has 0 bridgehead atoms. The van der Waals surface area contributed by atoms with E-state index >= 15 is 0 Å². The Morgan fingerprint density at radius 1 is 1.00 bits per heavy atom. The van der Waals surface area contributed by atoms with Crippen LogP contribution in [0.3, 0.4) is 0 Å². The van der Waals surface area contributed by atoms with Crippen LogP contribution in [0, 0.1) is 0 Å². The van der Waals surface area contributed by atoms with Crippen molar-refractivity contribution in [3.8, 4) is 0 Å². The first kappa shape index (κ1) is 19.9. The van der Waals surface area contributed by atoms with Gasteiger partial charge in [0.25, 0.3) is 5.91 Å². The maximum atomic E-state index is 13.4. The minimum absolute atomic E-state index is 0.253. The first-order valence-electron chi connectivity index (χ1n) is 10.6. The van der Waals surface area contributed by atoms with E-state index in [0.717, 1.165) is 23.9 Å². The molecule has 3 aromatic rings. The van der Waals surface area contributed by atoms with E-state index in [1.807, 2.05) is 48.5 Å². The van der Waals surface area contributed by atoms with Gasteiger partial charge in [0.05, 0.1) is 25.3 Å². The van der Waals surface area contributed by atoms with Crippen LogP contribution < -0.4 is 9.80 Å². The number of fused-ring (bicyclic) bond motifs is 2. The van der Waals surface area contributed by atoms with Crippen LogP contribution in [0.2, 0.25) is 0 Å². The van der Waals surface area contributed by atoms with Gasteiger partial charge < -0.3 is 14.7 Å². The van der Waals surface area contributed by atoms with Gasteiger partial charge >= 0.3 is 0 Å². The highest BCUT2D eigenvalue weighted by atomic mass is 16.5. The number of para-hydroxylation sites is 1. The number of morpholine rings is 1. The Morgan fingerprint density at radius 2 is 1.71 bits per heavy atom. The number of amides is 1. The molecule has 2 aliphatic heterocycles. The van der Waals surface area contributed by atoms with Crippen molar-refractivity contribution in [1.29, 1.82) is 0 Å². The van der Waals surface area contributed by atoms with Gasteiger partial charge in [-0.15, -0.1) is 0 Å². The second-order valence-corrected chi connectivity index (χ2v) is 8.29. The summed E-state index contributed by atoms with van der Waals surface area (Å²) in [6.07, 6.45) is -0.282. The number of benzene rings is 3. The fraction of sp³-hybridized carbons (Fsp3) is 0.280. The maximum absolute atomic E-state index is 13.4. The average molecular weight is 417 g/mol. The summed E-state index contributed by atoms with van der Waals surface area (Å²) in [5, 5.41) is 13.5. The molecule has 1 saturated heterocycles. The Balaban J connectivity index is 1.44. The van der Waals surface area contributed by atoms with E-state index < -0.39 is 11.5 Å². The molecule has 1 fully saturated rings. The average Bonchev–Trinajstić information content (AvgIpc) is 3.01. The largest absolute Gasteiger partial charge is 0.375 e. The molecule has 1 atom stereocenters. The van der Waals surface area contributed by atoms with E-state index in [1.54, 1.807) is 23.1 Å². The van der Waals surface area contributed by atoms with Gasteiger partial charge in [-0.25, -0.2) is 0 Å². The molecule has 0 unspecified atom stereocenters. The van der Waals surface area contributed by atoms with Crippen LogP contribution >= 0.6 is 0 Å². The Labute approximate surface area is 180 Å². The van der Waals surface area contributed by atoms with Crippen molar-refractivity contribution in [1.82, 2.24) is 0 Å². The molecular weight excluding hydrogens is 392 g/mol. The monoisotopic (exact) mass is 417 g/mol. The van der Waals surface area contributed by atoms with Crippen molar-refractivity contribution < 1.29 is 24.3 Å². The lowest BCUT2D eigenvalue weighted by Gasteiger charge is -2.29. The molecule has 0 radical (unpaired) electrons. The number of hydrogen-bond acceptors (Lipinski definition) is 4. The molecule has 2 heterocycles. The van der Waals surface area contributed by atoms with E-state index in [4.69, 9.17) is 4.74 Å². The third kappa shape index (κ3) is 3.53. The molecule has 1 amide bonds. The lowest BCUT2D eigenvalue weighted by atomic mass is 9.88. The number of carbonyl (C=O) groups excluding carboxylic acids is 2. The number of Topliss-reactive ketones (excluding diaryl/α,β-unsaturated/α-hetero) is 1. The fourth-order valence-electron chi connectivity index (χ4n) is 4.57. The highest BCUT2D eigenvalue weighted by Gasteiger charge is 2.51. The zero-order valence-corrected chi connectivity index (χ0v) is 17.2. The minimum Gasteiger partial charge on any atom is -0.375 e. The molecule has 0 saturated carbocycles. The highest BCUT2D eigenvalue weighted by Crippen LogP contribution is 2.42. The summed E-state index contributed by atoms with van der Waals surface area (Å²) >= 11 is 0. The van der Waals surface area contributed by atoms with E-state index in [1.165, 1.54) is 4.90 Å². The number of rotatable bonds is 5. The summed E-state index contributed by atoms with van der Waals surface area (Å²) in [4.78, 5) is 29.4. The number of hydrogen-bond donors (Lipinski definition) is 2. The van der Waals surface area contributed by atoms with Crippen LogP contribution in [0.1, 0.15) is 22.3 Å². The third-order valence-corrected chi connectivity index (χ3v) is 6.31. The second kappa shape index (κ2) is 7.89. The van der Waals surface area contributed by atoms with Crippen LogP contribution in [0.4, 0.5) is 5.69 Å². The molecule has 6 nitrogen and oxygen atoms in total. The van der Waals surface area contributed by atoms with Gasteiger partial charge in [-0.2, -0.15) is 0 Å². The molecular formula is C25H25N2O4+. The lowest BCUT2D eigenvalue weighted by molar-refractivity contribution is -0.906. The maximum Gasteiger partial charge on any atom is 0.268 e. The summed E-state index contributed by atoms with van der Waals surface area (Å²) in [7, 11) is 0. The van der Waals surface area contributed by atoms with Crippen molar-refractivity contribution in [2.45, 2.75) is 12.0 Å². The standard InChI is InChI=1S/C25H24N2O4/c28-23(20-10-9-18-5-1-2-6-19(18)15-20)16-25(30)21-7-3-4-8-22(21)27(24(25)29)17-26-11-13-31-14-12-26/h1-10,15,30H,11-14,16-17H2/p+1/t25-/m1/s1. The Kier molecular flexibility index (Phi) is 5.06. The Morgan fingerprint density at radius 3 is 2.52 bits per heavy atom. The predicted molar refractivity (Wildman–Crippen MR) is 117 cm³/mol. The number of aliphatic hydroxyl groups is 1. The van der Waals surface area contributed by atoms with Gasteiger partial charge in [-0.3, -0.25) is 14.5 Å². The van der Waals surface area contributed by atoms with Gasteiger partial charge in [-0.1, -0.05) is 54.6 Å². The number of quaternary nitrogens is 1. The number of nitrogens with zero attached hydrogens (tertiary/aromatic N) is 1. The van der Waals surface area contributed by atoms with Crippen LogP contribution in [0.15, 0.2) is 66.7 Å². The van der Waals surface area contributed by atoms with Crippen molar-refractivity contribution in [3.05, 3.63) is 77.9 Å².